The average molecular weight is 152 g/mol. The van der Waals surface area contributed by atoms with Crippen molar-refractivity contribution in [3.63, 3.8) is 0 Å². The number of esters is 1. The fourth-order valence-corrected chi connectivity index (χ4v) is 0.610. The zero-order chi connectivity index (χ0) is 8.10. The number of hydrogen-bond acceptors (Lipinski definition) is 4. The lowest BCUT2D eigenvalue weighted by molar-refractivity contribution is 0.0519. The molecule has 1 rings (SSSR count). The molecular formula is C7H8N2O2. The maximum absolute atomic E-state index is 10.9. The van der Waals surface area contributed by atoms with Crippen molar-refractivity contribution in [3.05, 3.63) is 24.3 Å². The van der Waals surface area contributed by atoms with Gasteiger partial charge in [0, 0.05) is 12.4 Å². The van der Waals surface area contributed by atoms with Crippen LogP contribution >= 0.6 is 0 Å². The first-order chi connectivity index (χ1) is 5.34. The van der Waals surface area contributed by atoms with Gasteiger partial charge in [0.25, 0.3) is 0 Å². The van der Waals surface area contributed by atoms with Crippen molar-refractivity contribution in [1.29, 1.82) is 0 Å². The van der Waals surface area contributed by atoms with E-state index in [1.807, 2.05) is 0 Å². The summed E-state index contributed by atoms with van der Waals surface area (Å²) >= 11 is 0. The Morgan fingerprint density at radius 1 is 1.64 bits per heavy atom. The Morgan fingerprint density at radius 2 is 2.45 bits per heavy atom. The minimum absolute atomic E-state index is 0.245. The Hall–Kier alpha value is -1.45. The van der Waals surface area contributed by atoms with E-state index in [0.29, 0.717) is 6.61 Å². The molecule has 0 N–H and O–H groups in total. The maximum atomic E-state index is 10.9. The smallest absolute Gasteiger partial charge is 0.358 e. The normalized spacial score (nSPS) is 9.18. The van der Waals surface area contributed by atoms with Crippen molar-refractivity contribution in [2.45, 2.75) is 6.92 Å². The van der Waals surface area contributed by atoms with Crippen LogP contribution in [0.4, 0.5) is 0 Å². The maximum Gasteiger partial charge on any atom is 0.358 e. The summed E-state index contributed by atoms with van der Waals surface area (Å²) in [5.41, 5.74) is 0.245. The molecule has 0 unspecified atom stereocenters. The topological polar surface area (TPSA) is 52.1 Å². The molecule has 58 valence electrons. The highest BCUT2D eigenvalue weighted by molar-refractivity contribution is 5.86. The van der Waals surface area contributed by atoms with E-state index < -0.39 is 5.97 Å². The van der Waals surface area contributed by atoms with Crippen LogP contribution in [0.25, 0.3) is 0 Å². The highest BCUT2D eigenvalue weighted by atomic mass is 16.5. The predicted octanol–water partition coefficient (Wildman–Crippen LogP) is 0.653. The Balaban J connectivity index is 2.69. The molecule has 1 heterocycles. The van der Waals surface area contributed by atoms with E-state index in [2.05, 4.69) is 14.7 Å². The Bertz CT molecular complexity index is 235. The van der Waals surface area contributed by atoms with E-state index in [9.17, 15) is 4.79 Å². The zero-order valence-electron chi connectivity index (χ0n) is 6.15. The summed E-state index contributed by atoms with van der Waals surface area (Å²) in [6, 6.07) is 0. The third-order valence-corrected chi connectivity index (χ3v) is 1.05. The van der Waals surface area contributed by atoms with E-state index in [0.717, 1.165) is 0 Å². The molecule has 0 amide bonds. The summed E-state index contributed by atoms with van der Waals surface area (Å²) in [6.45, 7) is 2.10. The average Bonchev–Trinajstić information content (AvgIpc) is 2.07. The largest absolute Gasteiger partial charge is 0.461 e. The minimum Gasteiger partial charge on any atom is -0.461 e. The van der Waals surface area contributed by atoms with E-state index in [1.165, 1.54) is 18.6 Å². The van der Waals surface area contributed by atoms with Crippen molar-refractivity contribution in [2.75, 3.05) is 6.61 Å². The van der Waals surface area contributed by atoms with Gasteiger partial charge in [0.1, 0.15) is 0 Å². The quantitative estimate of drug-likeness (QED) is 0.584. The van der Waals surface area contributed by atoms with Crippen LogP contribution in [0.2, 0.25) is 0 Å². The van der Waals surface area contributed by atoms with Gasteiger partial charge in [-0.15, -0.1) is 0 Å². The van der Waals surface area contributed by atoms with Crippen molar-refractivity contribution in [3.8, 4) is 0 Å². The standard InChI is InChI=1S/C7H8N2O2/c1-2-11-7(10)6-5-8-3-4-9-6/h3-5H,2H2,1H3. The number of carbonyl (C=O) groups is 1. The van der Waals surface area contributed by atoms with Crippen molar-refractivity contribution >= 4 is 5.97 Å². The third kappa shape index (κ3) is 2.00. The van der Waals surface area contributed by atoms with Gasteiger partial charge in [-0.1, -0.05) is 0 Å². The van der Waals surface area contributed by atoms with Gasteiger partial charge < -0.3 is 4.74 Å². The molecule has 1 aromatic heterocycles. The molecule has 0 atom stereocenters. The summed E-state index contributed by atoms with van der Waals surface area (Å²) in [7, 11) is 0. The Morgan fingerprint density at radius 3 is 3.00 bits per heavy atom. The monoisotopic (exact) mass is 152 g/mol. The third-order valence-electron chi connectivity index (χ3n) is 1.05. The summed E-state index contributed by atoms with van der Waals surface area (Å²) in [4.78, 5) is 18.4. The lowest BCUT2D eigenvalue weighted by Gasteiger charge is -1.97. The molecule has 1 aromatic rings. The van der Waals surface area contributed by atoms with Crippen LogP contribution in [0.15, 0.2) is 18.6 Å². The van der Waals surface area contributed by atoms with Crippen LogP contribution < -0.4 is 0 Å². The lowest BCUT2D eigenvalue weighted by atomic mass is 10.5. The van der Waals surface area contributed by atoms with E-state index in [1.54, 1.807) is 6.92 Å². The van der Waals surface area contributed by atoms with Crippen LogP contribution in [0, 0.1) is 0 Å². The summed E-state index contributed by atoms with van der Waals surface area (Å²) in [6.07, 6.45) is 4.33. The molecule has 0 spiro atoms. The molecule has 0 radical (unpaired) electrons. The number of nitrogens with zero attached hydrogens (tertiary/aromatic N) is 2. The van der Waals surface area contributed by atoms with Gasteiger partial charge in [-0.3, -0.25) is 4.98 Å². The van der Waals surface area contributed by atoms with Gasteiger partial charge in [0.05, 0.1) is 12.8 Å². The van der Waals surface area contributed by atoms with Gasteiger partial charge in [-0.25, -0.2) is 9.78 Å². The number of ether oxygens (including phenoxy) is 1. The highest BCUT2D eigenvalue weighted by Crippen LogP contribution is 1.92. The van der Waals surface area contributed by atoms with Crippen molar-refractivity contribution in [2.24, 2.45) is 0 Å². The van der Waals surface area contributed by atoms with Crippen LogP contribution in [-0.2, 0) is 4.74 Å². The molecule has 0 fully saturated rings. The Kier molecular flexibility index (Phi) is 2.54. The minimum atomic E-state index is -0.430. The second kappa shape index (κ2) is 3.65. The first kappa shape index (κ1) is 7.65. The molecule has 11 heavy (non-hydrogen) atoms. The molecule has 0 aliphatic heterocycles. The summed E-state index contributed by atoms with van der Waals surface area (Å²) in [5.74, 6) is -0.430. The summed E-state index contributed by atoms with van der Waals surface area (Å²) in [5, 5.41) is 0. The molecule has 0 saturated heterocycles. The summed E-state index contributed by atoms with van der Waals surface area (Å²) < 4.78 is 4.69. The van der Waals surface area contributed by atoms with Crippen molar-refractivity contribution < 1.29 is 9.53 Å². The molecule has 4 nitrogen and oxygen atoms in total. The first-order valence-electron chi connectivity index (χ1n) is 3.27. The van der Waals surface area contributed by atoms with Crippen LogP contribution in [0.3, 0.4) is 0 Å². The van der Waals surface area contributed by atoms with Crippen LogP contribution in [0.5, 0.6) is 0 Å². The fraction of sp³-hybridized carbons (Fsp3) is 0.286. The van der Waals surface area contributed by atoms with Crippen molar-refractivity contribution in [1.82, 2.24) is 9.97 Å². The number of rotatable bonds is 2. The molecule has 0 aromatic carbocycles. The van der Waals surface area contributed by atoms with Gasteiger partial charge in [0.2, 0.25) is 0 Å². The number of carbonyl (C=O) groups excluding carboxylic acids is 1. The second-order valence-electron chi connectivity index (χ2n) is 1.81. The van der Waals surface area contributed by atoms with E-state index in [4.69, 9.17) is 0 Å². The predicted molar refractivity (Wildman–Crippen MR) is 38.0 cm³/mol. The van der Waals surface area contributed by atoms with Gasteiger partial charge in [0.15, 0.2) is 5.69 Å². The van der Waals surface area contributed by atoms with E-state index in [-0.39, 0.29) is 5.69 Å². The molecule has 0 aliphatic rings. The fourth-order valence-electron chi connectivity index (χ4n) is 0.610. The SMILES string of the molecule is CCOC(=O)c1cnccn1. The molecular weight excluding hydrogens is 144 g/mol. The number of hydrogen-bond donors (Lipinski definition) is 0. The van der Waals surface area contributed by atoms with Gasteiger partial charge in [-0.05, 0) is 6.92 Å². The van der Waals surface area contributed by atoms with Gasteiger partial charge >= 0.3 is 5.97 Å². The zero-order valence-corrected chi connectivity index (χ0v) is 6.15. The molecule has 0 saturated carbocycles. The Labute approximate surface area is 64.2 Å². The number of aromatic nitrogens is 2. The first-order valence-corrected chi connectivity index (χ1v) is 3.27. The molecule has 4 heteroatoms. The highest BCUT2D eigenvalue weighted by Gasteiger charge is 2.05. The lowest BCUT2D eigenvalue weighted by Crippen LogP contribution is -2.06. The molecule has 0 bridgehead atoms. The molecule has 0 aliphatic carbocycles. The second-order valence-corrected chi connectivity index (χ2v) is 1.81. The van der Waals surface area contributed by atoms with Gasteiger partial charge in [-0.2, -0.15) is 0 Å². The van der Waals surface area contributed by atoms with Crippen LogP contribution in [0.1, 0.15) is 17.4 Å². The van der Waals surface area contributed by atoms with Crippen LogP contribution in [-0.4, -0.2) is 22.5 Å². The van der Waals surface area contributed by atoms with E-state index >= 15 is 0 Å².